The van der Waals surface area contributed by atoms with Crippen LogP contribution in [0.4, 0.5) is 10.4 Å². The molecule has 5 nitrogen and oxygen atoms in total. The quantitative estimate of drug-likeness (QED) is 0.748. The lowest BCUT2D eigenvalue weighted by Gasteiger charge is -2.09. The normalized spacial score (nSPS) is 12.3. The fraction of sp³-hybridized carbons (Fsp3) is 0.250. The molecule has 1 atom stereocenters. The molecule has 0 unspecified atom stereocenters. The average Bonchev–Trinajstić information content (AvgIpc) is 3.17. The smallest absolute Gasteiger partial charge is 0.322 e. The molecule has 1 aromatic carbocycles. The summed E-state index contributed by atoms with van der Waals surface area (Å²) in [5.41, 5.74) is 0.322. The minimum atomic E-state index is -0.374. The van der Waals surface area contributed by atoms with Gasteiger partial charge in [-0.15, -0.1) is 0 Å². The monoisotopic (exact) mass is 301 g/mol. The molecular formula is C16H16FN3O2. The van der Waals surface area contributed by atoms with Crippen LogP contribution in [0.2, 0.25) is 0 Å². The third kappa shape index (κ3) is 3.33. The van der Waals surface area contributed by atoms with Crippen LogP contribution >= 0.6 is 0 Å². The Morgan fingerprint density at radius 3 is 2.86 bits per heavy atom. The van der Waals surface area contributed by atoms with Crippen LogP contribution in [0.3, 0.4) is 0 Å². The van der Waals surface area contributed by atoms with Gasteiger partial charge >= 0.3 is 6.01 Å². The first-order valence-electron chi connectivity index (χ1n) is 7.10. The van der Waals surface area contributed by atoms with Crippen molar-refractivity contribution in [2.24, 2.45) is 0 Å². The number of hydrogen-bond donors (Lipinski definition) is 1. The topological polar surface area (TPSA) is 64.1 Å². The van der Waals surface area contributed by atoms with E-state index in [1.807, 2.05) is 19.1 Å². The number of anilines is 1. The number of halogens is 1. The predicted octanol–water partition coefficient (Wildman–Crippen LogP) is 3.90. The molecule has 0 amide bonds. The number of nitrogens with zero attached hydrogens (tertiary/aromatic N) is 2. The van der Waals surface area contributed by atoms with Gasteiger partial charge in [0, 0.05) is 12.5 Å². The lowest BCUT2D eigenvalue weighted by molar-refractivity contribution is 0.425. The zero-order valence-electron chi connectivity index (χ0n) is 12.1. The standard InChI is InChI=1S/C16H16FN3O2/c1-11(8-9-12-5-4-10-21-12)18-16-19-15(20-22-16)13-6-2-3-7-14(13)17/h2-7,10-11H,8-9H2,1H3,(H,18,19,20)/t11-/m0/s1. The maximum atomic E-state index is 13.7. The molecule has 114 valence electrons. The van der Waals surface area contributed by atoms with Crippen molar-refractivity contribution in [3.8, 4) is 11.4 Å². The lowest BCUT2D eigenvalue weighted by Crippen LogP contribution is -2.16. The Labute approximate surface area is 127 Å². The van der Waals surface area contributed by atoms with Gasteiger partial charge in [-0.25, -0.2) is 4.39 Å². The Kier molecular flexibility index (Phi) is 4.18. The zero-order valence-corrected chi connectivity index (χ0v) is 12.1. The summed E-state index contributed by atoms with van der Waals surface area (Å²) in [5.74, 6) is 0.797. The van der Waals surface area contributed by atoms with Crippen molar-refractivity contribution in [3.05, 3.63) is 54.2 Å². The molecule has 3 aromatic rings. The average molecular weight is 301 g/mol. The number of rotatable bonds is 6. The van der Waals surface area contributed by atoms with E-state index in [0.717, 1.165) is 18.6 Å². The third-order valence-electron chi connectivity index (χ3n) is 3.31. The zero-order chi connectivity index (χ0) is 15.4. The van der Waals surface area contributed by atoms with Crippen molar-refractivity contribution in [2.75, 3.05) is 5.32 Å². The van der Waals surface area contributed by atoms with Crippen LogP contribution in [0, 0.1) is 5.82 Å². The van der Waals surface area contributed by atoms with E-state index in [1.165, 1.54) is 6.07 Å². The summed E-state index contributed by atoms with van der Waals surface area (Å²) in [4.78, 5) is 4.17. The molecule has 22 heavy (non-hydrogen) atoms. The first kappa shape index (κ1) is 14.3. The summed E-state index contributed by atoms with van der Waals surface area (Å²) in [6, 6.07) is 10.5. The highest BCUT2D eigenvalue weighted by atomic mass is 19.1. The first-order valence-corrected chi connectivity index (χ1v) is 7.10. The highest BCUT2D eigenvalue weighted by molar-refractivity contribution is 5.56. The number of benzene rings is 1. The number of hydrogen-bond acceptors (Lipinski definition) is 5. The highest BCUT2D eigenvalue weighted by Crippen LogP contribution is 2.21. The van der Waals surface area contributed by atoms with Crippen LogP contribution < -0.4 is 5.32 Å². The van der Waals surface area contributed by atoms with Gasteiger partial charge in [0.2, 0.25) is 5.82 Å². The summed E-state index contributed by atoms with van der Waals surface area (Å²) in [7, 11) is 0. The number of nitrogens with one attached hydrogen (secondary N) is 1. The summed E-state index contributed by atoms with van der Waals surface area (Å²) < 4.78 is 24.1. The van der Waals surface area contributed by atoms with Crippen molar-refractivity contribution >= 4 is 6.01 Å². The first-order chi connectivity index (χ1) is 10.7. The Morgan fingerprint density at radius 1 is 1.23 bits per heavy atom. The maximum Gasteiger partial charge on any atom is 0.322 e. The van der Waals surface area contributed by atoms with E-state index in [2.05, 4.69) is 15.5 Å². The molecule has 1 N–H and O–H groups in total. The van der Waals surface area contributed by atoms with Crippen molar-refractivity contribution in [2.45, 2.75) is 25.8 Å². The Hall–Kier alpha value is -2.63. The fourth-order valence-corrected chi connectivity index (χ4v) is 2.13. The molecule has 0 aliphatic rings. The second-order valence-electron chi connectivity index (χ2n) is 5.07. The summed E-state index contributed by atoms with van der Waals surface area (Å²) >= 11 is 0. The minimum Gasteiger partial charge on any atom is -0.469 e. The summed E-state index contributed by atoms with van der Waals surface area (Å²) in [6.07, 6.45) is 3.33. The molecule has 0 radical (unpaired) electrons. The predicted molar refractivity (Wildman–Crippen MR) is 79.8 cm³/mol. The molecular weight excluding hydrogens is 285 g/mol. The lowest BCUT2D eigenvalue weighted by atomic mass is 10.1. The molecule has 2 heterocycles. The third-order valence-corrected chi connectivity index (χ3v) is 3.31. The van der Waals surface area contributed by atoms with Crippen molar-refractivity contribution in [3.63, 3.8) is 0 Å². The Balaban J connectivity index is 1.60. The van der Waals surface area contributed by atoms with Gasteiger partial charge in [-0.2, -0.15) is 4.98 Å². The van der Waals surface area contributed by atoms with E-state index >= 15 is 0 Å². The molecule has 0 spiro atoms. The molecule has 2 aromatic heterocycles. The number of aryl methyl sites for hydroxylation is 1. The van der Waals surface area contributed by atoms with Gasteiger partial charge < -0.3 is 14.3 Å². The van der Waals surface area contributed by atoms with E-state index in [-0.39, 0.29) is 23.7 Å². The molecule has 0 aliphatic carbocycles. The van der Waals surface area contributed by atoms with Gasteiger partial charge in [-0.05, 0) is 37.6 Å². The molecule has 0 fully saturated rings. The Bertz CT molecular complexity index is 725. The van der Waals surface area contributed by atoms with Crippen LogP contribution in [0.5, 0.6) is 0 Å². The molecule has 0 aliphatic heterocycles. The molecule has 0 saturated heterocycles. The van der Waals surface area contributed by atoms with Crippen LogP contribution in [-0.2, 0) is 6.42 Å². The van der Waals surface area contributed by atoms with Crippen molar-refractivity contribution < 1.29 is 13.3 Å². The molecule has 0 saturated carbocycles. The SMILES string of the molecule is C[C@@H](CCc1ccco1)Nc1nc(-c2ccccc2F)no1. The van der Waals surface area contributed by atoms with Crippen LogP contribution in [0.25, 0.3) is 11.4 Å². The molecule has 3 rings (SSSR count). The van der Waals surface area contributed by atoms with E-state index in [9.17, 15) is 4.39 Å². The van der Waals surface area contributed by atoms with Gasteiger partial charge in [0.15, 0.2) is 0 Å². The van der Waals surface area contributed by atoms with Gasteiger partial charge in [-0.3, -0.25) is 0 Å². The van der Waals surface area contributed by atoms with Crippen LogP contribution in [0.15, 0.2) is 51.6 Å². The van der Waals surface area contributed by atoms with Gasteiger partial charge in [0.25, 0.3) is 0 Å². The van der Waals surface area contributed by atoms with Crippen LogP contribution in [-0.4, -0.2) is 16.2 Å². The second-order valence-corrected chi connectivity index (χ2v) is 5.07. The van der Waals surface area contributed by atoms with Crippen LogP contribution in [0.1, 0.15) is 19.1 Å². The maximum absolute atomic E-state index is 13.7. The van der Waals surface area contributed by atoms with E-state index in [4.69, 9.17) is 8.94 Å². The van der Waals surface area contributed by atoms with E-state index in [0.29, 0.717) is 5.56 Å². The highest BCUT2D eigenvalue weighted by Gasteiger charge is 2.13. The molecule has 0 bridgehead atoms. The molecule has 6 heteroatoms. The number of aromatic nitrogens is 2. The van der Waals surface area contributed by atoms with E-state index < -0.39 is 0 Å². The Morgan fingerprint density at radius 2 is 2.09 bits per heavy atom. The summed E-state index contributed by atoms with van der Waals surface area (Å²) in [5, 5.41) is 6.91. The number of furan rings is 1. The minimum absolute atomic E-state index is 0.124. The second kappa shape index (κ2) is 6.43. The summed E-state index contributed by atoms with van der Waals surface area (Å²) in [6.45, 7) is 2.01. The van der Waals surface area contributed by atoms with Crippen molar-refractivity contribution in [1.82, 2.24) is 10.1 Å². The van der Waals surface area contributed by atoms with Gasteiger partial charge in [-0.1, -0.05) is 17.3 Å². The van der Waals surface area contributed by atoms with Gasteiger partial charge in [0.1, 0.15) is 11.6 Å². The fourth-order valence-electron chi connectivity index (χ4n) is 2.13. The largest absolute Gasteiger partial charge is 0.469 e. The van der Waals surface area contributed by atoms with E-state index in [1.54, 1.807) is 24.5 Å². The van der Waals surface area contributed by atoms with Gasteiger partial charge in [0.05, 0.1) is 11.8 Å². The van der Waals surface area contributed by atoms with Crippen molar-refractivity contribution in [1.29, 1.82) is 0 Å².